The lowest BCUT2D eigenvalue weighted by atomic mass is 10.4. The third-order valence-electron chi connectivity index (χ3n) is 1.96. The van der Waals surface area contributed by atoms with E-state index in [-0.39, 0.29) is 0 Å². The van der Waals surface area contributed by atoms with Gasteiger partial charge in [-0.05, 0) is 12.8 Å². The maximum atomic E-state index is 4.33. The van der Waals surface area contributed by atoms with Crippen molar-refractivity contribution >= 4 is 5.95 Å². The van der Waals surface area contributed by atoms with Gasteiger partial charge in [-0.3, -0.25) is 4.68 Å². The van der Waals surface area contributed by atoms with E-state index in [0.29, 0.717) is 5.92 Å². The van der Waals surface area contributed by atoms with Gasteiger partial charge in [-0.1, -0.05) is 0 Å². The first-order valence-electron chi connectivity index (χ1n) is 3.90. The van der Waals surface area contributed by atoms with Gasteiger partial charge in [-0.2, -0.15) is 4.98 Å². The van der Waals surface area contributed by atoms with E-state index < -0.39 is 0 Å². The predicted octanol–water partition coefficient (Wildman–Crippen LogP) is 0.734. The molecule has 11 heavy (non-hydrogen) atoms. The highest BCUT2D eigenvalue weighted by atomic mass is 15.4. The van der Waals surface area contributed by atoms with Crippen LogP contribution in [0, 0.1) is 0 Å². The minimum atomic E-state index is 0.676. The van der Waals surface area contributed by atoms with Crippen LogP contribution in [0.4, 0.5) is 5.95 Å². The van der Waals surface area contributed by atoms with E-state index in [1.165, 1.54) is 12.8 Å². The maximum Gasteiger partial charge on any atom is 0.242 e. The van der Waals surface area contributed by atoms with Crippen molar-refractivity contribution < 1.29 is 0 Å². The molecule has 1 N–H and O–H groups in total. The maximum absolute atomic E-state index is 4.33. The standard InChI is InChI=1S/C7H12N4/c1-8-7-9-6(5-3-4-5)11(2)10-7/h5H,3-4H2,1-2H3,(H,8,10). The van der Waals surface area contributed by atoms with Crippen LogP contribution in [0.3, 0.4) is 0 Å². The summed E-state index contributed by atoms with van der Waals surface area (Å²) < 4.78 is 1.86. The van der Waals surface area contributed by atoms with E-state index >= 15 is 0 Å². The lowest BCUT2D eigenvalue weighted by Crippen LogP contribution is -1.96. The van der Waals surface area contributed by atoms with Crippen molar-refractivity contribution in [2.24, 2.45) is 7.05 Å². The fourth-order valence-corrected chi connectivity index (χ4v) is 1.20. The smallest absolute Gasteiger partial charge is 0.242 e. The van der Waals surface area contributed by atoms with Crippen molar-refractivity contribution in [1.82, 2.24) is 14.8 Å². The highest BCUT2D eigenvalue weighted by molar-refractivity contribution is 5.23. The first kappa shape index (κ1) is 6.64. The zero-order chi connectivity index (χ0) is 7.84. The summed E-state index contributed by atoms with van der Waals surface area (Å²) in [6.07, 6.45) is 2.55. The average molecular weight is 152 g/mol. The number of hydrogen-bond donors (Lipinski definition) is 1. The van der Waals surface area contributed by atoms with Crippen LogP contribution in [0.1, 0.15) is 24.6 Å². The molecule has 2 rings (SSSR count). The number of nitrogens with one attached hydrogen (secondary N) is 1. The molecule has 0 radical (unpaired) electrons. The molecule has 0 aromatic carbocycles. The van der Waals surface area contributed by atoms with Gasteiger partial charge in [0.25, 0.3) is 0 Å². The molecule has 1 aliphatic carbocycles. The lowest BCUT2D eigenvalue weighted by Gasteiger charge is -1.92. The molecule has 0 spiro atoms. The summed E-state index contributed by atoms with van der Waals surface area (Å²) in [7, 11) is 3.79. The molecule has 0 unspecified atom stereocenters. The van der Waals surface area contributed by atoms with Gasteiger partial charge in [0.15, 0.2) is 0 Å². The number of hydrogen-bond acceptors (Lipinski definition) is 3. The monoisotopic (exact) mass is 152 g/mol. The molecule has 60 valence electrons. The Morgan fingerprint density at radius 2 is 2.27 bits per heavy atom. The minimum Gasteiger partial charge on any atom is -0.356 e. The number of rotatable bonds is 2. The Bertz CT molecular complexity index is 261. The highest BCUT2D eigenvalue weighted by Gasteiger charge is 2.28. The second-order valence-electron chi connectivity index (χ2n) is 2.94. The molecule has 0 bridgehead atoms. The number of aromatic nitrogens is 3. The van der Waals surface area contributed by atoms with Gasteiger partial charge >= 0.3 is 0 Å². The van der Waals surface area contributed by atoms with Gasteiger partial charge in [0.1, 0.15) is 5.82 Å². The first-order valence-corrected chi connectivity index (χ1v) is 3.90. The van der Waals surface area contributed by atoms with Crippen molar-refractivity contribution in [2.75, 3.05) is 12.4 Å². The second-order valence-corrected chi connectivity index (χ2v) is 2.94. The Morgan fingerprint density at radius 1 is 1.55 bits per heavy atom. The zero-order valence-electron chi connectivity index (χ0n) is 6.83. The Morgan fingerprint density at radius 3 is 2.73 bits per heavy atom. The third-order valence-corrected chi connectivity index (χ3v) is 1.96. The van der Waals surface area contributed by atoms with E-state index in [2.05, 4.69) is 15.4 Å². The first-order chi connectivity index (χ1) is 5.31. The van der Waals surface area contributed by atoms with Crippen molar-refractivity contribution in [2.45, 2.75) is 18.8 Å². The van der Waals surface area contributed by atoms with E-state index in [9.17, 15) is 0 Å². The fraction of sp³-hybridized carbons (Fsp3) is 0.714. The van der Waals surface area contributed by atoms with Crippen molar-refractivity contribution in [3.63, 3.8) is 0 Å². The summed E-state index contributed by atoms with van der Waals surface area (Å²) in [6.45, 7) is 0. The van der Waals surface area contributed by atoms with Crippen LogP contribution < -0.4 is 5.32 Å². The summed E-state index contributed by atoms with van der Waals surface area (Å²) in [4.78, 5) is 4.33. The molecule has 1 saturated carbocycles. The van der Waals surface area contributed by atoms with Gasteiger partial charge in [-0.15, -0.1) is 5.10 Å². The summed E-state index contributed by atoms with van der Waals surface area (Å²) in [5, 5.41) is 7.11. The Hall–Kier alpha value is -1.06. The SMILES string of the molecule is CNc1nc(C2CC2)n(C)n1. The lowest BCUT2D eigenvalue weighted by molar-refractivity contribution is 0.705. The highest BCUT2D eigenvalue weighted by Crippen LogP contribution is 2.38. The summed E-state index contributed by atoms with van der Waals surface area (Å²) >= 11 is 0. The molecular formula is C7H12N4. The van der Waals surface area contributed by atoms with Crippen LogP contribution in [-0.4, -0.2) is 21.8 Å². The molecule has 0 saturated heterocycles. The van der Waals surface area contributed by atoms with Crippen molar-refractivity contribution in [3.8, 4) is 0 Å². The van der Waals surface area contributed by atoms with Gasteiger partial charge in [0, 0.05) is 20.0 Å². The topological polar surface area (TPSA) is 42.7 Å². The van der Waals surface area contributed by atoms with Crippen LogP contribution in [0.25, 0.3) is 0 Å². The molecule has 0 amide bonds. The third kappa shape index (κ3) is 1.08. The van der Waals surface area contributed by atoms with Crippen LogP contribution in [-0.2, 0) is 7.05 Å². The summed E-state index contributed by atoms with van der Waals surface area (Å²) in [5.74, 6) is 2.53. The molecule has 4 nitrogen and oxygen atoms in total. The molecule has 0 aliphatic heterocycles. The number of nitrogens with zero attached hydrogens (tertiary/aromatic N) is 3. The number of aryl methyl sites for hydroxylation is 1. The number of anilines is 1. The Balaban J connectivity index is 2.30. The van der Waals surface area contributed by atoms with Crippen LogP contribution in [0.5, 0.6) is 0 Å². The Labute approximate surface area is 65.6 Å². The minimum absolute atomic E-state index is 0.676. The van der Waals surface area contributed by atoms with E-state index in [4.69, 9.17) is 0 Å². The largest absolute Gasteiger partial charge is 0.356 e. The van der Waals surface area contributed by atoms with Gasteiger partial charge in [0.05, 0.1) is 0 Å². The summed E-state index contributed by atoms with van der Waals surface area (Å²) in [5.41, 5.74) is 0. The molecule has 1 aliphatic rings. The quantitative estimate of drug-likeness (QED) is 0.679. The molecular weight excluding hydrogens is 140 g/mol. The van der Waals surface area contributed by atoms with Crippen LogP contribution in [0.2, 0.25) is 0 Å². The fourth-order valence-electron chi connectivity index (χ4n) is 1.20. The zero-order valence-corrected chi connectivity index (χ0v) is 6.83. The Kier molecular flexibility index (Phi) is 1.34. The van der Waals surface area contributed by atoms with Gasteiger partial charge in [-0.25, -0.2) is 0 Å². The normalized spacial score (nSPS) is 16.9. The molecule has 0 atom stereocenters. The average Bonchev–Trinajstić information content (AvgIpc) is 2.76. The van der Waals surface area contributed by atoms with Crippen molar-refractivity contribution in [1.29, 1.82) is 0 Å². The molecule has 1 heterocycles. The van der Waals surface area contributed by atoms with E-state index in [0.717, 1.165) is 11.8 Å². The van der Waals surface area contributed by atoms with Crippen LogP contribution >= 0.6 is 0 Å². The second kappa shape index (κ2) is 2.22. The van der Waals surface area contributed by atoms with Gasteiger partial charge in [0.2, 0.25) is 5.95 Å². The molecule has 4 heteroatoms. The molecule has 1 aromatic heterocycles. The molecule has 1 fully saturated rings. The molecule has 1 aromatic rings. The van der Waals surface area contributed by atoms with Gasteiger partial charge < -0.3 is 5.32 Å². The van der Waals surface area contributed by atoms with E-state index in [1.54, 1.807) is 0 Å². The van der Waals surface area contributed by atoms with Crippen LogP contribution in [0.15, 0.2) is 0 Å². The predicted molar refractivity (Wildman–Crippen MR) is 42.5 cm³/mol. The summed E-state index contributed by atoms with van der Waals surface area (Å²) in [6, 6.07) is 0. The van der Waals surface area contributed by atoms with Crippen molar-refractivity contribution in [3.05, 3.63) is 5.82 Å². The van der Waals surface area contributed by atoms with E-state index in [1.807, 2.05) is 18.8 Å².